The molecule has 2 aromatic carbocycles. The standard InChI is InChI=1S/C22H30N2O3/c1-18-3-5-19(6-4-18)15-23-11-13-24(14-12-23)16-20(25)17-27-22-9-7-21(26-2)8-10-22/h3-10,20,25H,11-17H2,1-2H3. The van der Waals surface area contributed by atoms with Gasteiger partial charge in [0, 0.05) is 39.3 Å². The van der Waals surface area contributed by atoms with Gasteiger partial charge < -0.3 is 14.6 Å². The van der Waals surface area contributed by atoms with Gasteiger partial charge in [-0.3, -0.25) is 9.80 Å². The van der Waals surface area contributed by atoms with Gasteiger partial charge in [-0.25, -0.2) is 0 Å². The molecule has 0 aliphatic carbocycles. The van der Waals surface area contributed by atoms with E-state index in [0.717, 1.165) is 44.2 Å². The van der Waals surface area contributed by atoms with Crippen molar-refractivity contribution in [3.05, 3.63) is 59.7 Å². The molecule has 3 rings (SSSR count). The Labute approximate surface area is 162 Å². The summed E-state index contributed by atoms with van der Waals surface area (Å²) in [5, 5.41) is 10.3. The third-order valence-corrected chi connectivity index (χ3v) is 4.96. The Bertz CT molecular complexity index is 680. The van der Waals surface area contributed by atoms with Crippen molar-refractivity contribution in [1.82, 2.24) is 9.80 Å². The lowest BCUT2D eigenvalue weighted by molar-refractivity contribution is 0.0446. The number of hydrogen-bond acceptors (Lipinski definition) is 5. The van der Waals surface area contributed by atoms with Crippen LogP contribution in [0.3, 0.4) is 0 Å². The number of piperazine rings is 1. The smallest absolute Gasteiger partial charge is 0.119 e. The lowest BCUT2D eigenvalue weighted by Gasteiger charge is -2.35. The largest absolute Gasteiger partial charge is 0.497 e. The van der Waals surface area contributed by atoms with Crippen LogP contribution in [-0.2, 0) is 6.54 Å². The third-order valence-electron chi connectivity index (χ3n) is 4.96. The molecule has 1 fully saturated rings. The van der Waals surface area contributed by atoms with E-state index in [4.69, 9.17) is 9.47 Å². The number of hydrogen-bond donors (Lipinski definition) is 1. The van der Waals surface area contributed by atoms with Crippen molar-refractivity contribution in [2.45, 2.75) is 19.6 Å². The fourth-order valence-corrected chi connectivity index (χ4v) is 3.30. The number of aryl methyl sites for hydroxylation is 1. The minimum absolute atomic E-state index is 0.301. The number of ether oxygens (including phenoxy) is 2. The predicted molar refractivity (Wildman–Crippen MR) is 107 cm³/mol. The highest BCUT2D eigenvalue weighted by atomic mass is 16.5. The van der Waals surface area contributed by atoms with Crippen LogP contribution in [0.2, 0.25) is 0 Å². The van der Waals surface area contributed by atoms with Gasteiger partial charge in [-0.15, -0.1) is 0 Å². The Morgan fingerprint density at radius 1 is 0.889 bits per heavy atom. The predicted octanol–water partition coefficient (Wildman–Crippen LogP) is 2.56. The Hall–Kier alpha value is -2.08. The molecule has 2 aromatic rings. The first-order valence-corrected chi connectivity index (χ1v) is 9.57. The van der Waals surface area contributed by atoms with Crippen LogP contribution in [0.1, 0.15) is 11.1 Å². The summed E-state index contributed by atoms with van der Waals surface area (Å²) < 4.78 is 10.8. The van der Waals surface area contributed by atoms with Crippen molar-refractivity contribution in [3.8, 4) is 11.5 Å². The monoisotopic (exact) mass is 370 g/mol. The molecular weight excluding hydrogens is 340 g/mol. The highest BCUT2D eigenvalue weighted by Gasteiger charge is 2.19. The fourth-order valence-electron chi connectivity index (χ4n) is 3.30. The van der Waals surface area contributed by atoms with Crippen LogP contribution in [0.15, 0.2) is 48.5 Å². The molecule has 0 radical (unpaired) electrons. The van der Waals surface area contributed by atoms with Gasteiger partial charge in [0.1, 0.15) is 24.2 Å². The van der Waals surface area contributed by atoms with E-state index in [1.54, 1.807) is 7.11 Å². The third kappa shape index (κ3) is 6.24. The summed E-state index contributed by atoms with van der Waals surface area (Å²) in [6.07, 6.45) is -0.490. The molecule has 1 saturated heterocycles. The van der Waals surface area contributed by atoms with Crippen molar-refractivity contribution >= 4 is 0 Å². The highest BCUT2D eigenvalue weighted by molar-refractivity contribution is 5.31. The molecule has 5 nitrogen and oxygen atoms in total. The van der Waals surface area contributed by atoms with Crippen LogP contribution in [0.5, 0.6) is 11.5 Å². The van der Waals surface area contributed by atoms with Gasteiger partial charge in [0.15, 0.2) is 0 Å². The number of methoxy groups -OCH3 is 1. The molecule has 0 bridgehead atoms. The summed E-state index contributed by atoms with van der Waals surface area (Å²) in [7, 11) is 1.64. The summed E-state index contributed by atoms with van der Waals surface area (Å²) in [6.45, 7) is 8.07. The zero-order valence-corrected chi connectivity index (χ0v) is 16.3. The quantitative estimate of drug-likeness (QED) is 0.774. The molecular formula is C22H30N2O3. The number of aliphatic hydroxyl groups is 1. The maximum absolute atomic E-state index is 10.3. The molecule has 0 amide bonds. The van der Waals surface area contributed by atoms with E-state index in [0.29, 0.717) is 13.2 Å². The lowest BCUT2D eigenvalue weighted by atomic mass is 10.1. The minimum atomic E-state index is -0.490. The summed E-state index contributed by atoms with van der Waals surface area (Å²) in [5.74, 6) is 1.55. The fraction of sp³-hybridized carbons (Fsp3) is 0.455. The average Bonchev–Trinajstić information content (AvgIpc) is 2.70. The van der Waals surface area contributed by atoms with E-state index in [-0.39, 0.29) is 0 Å². The number of benzene rings is 2. The molecule has 27 heavy (non-hydrogen) atoms. The second kappa shape index (κ2) is 9.74. The van der Waals surface area contributed by atoms with Gasteiger partial charge in [0.05, 0.1) is 7.11 Å². The van der Waals surface area contributed by atoms with Gasteiger partial charge in [-0.2, -0.15) is 0 Å². The van der Waals surface area contributed by atoms with Crippen molar-refractivity contribution in [2.75, 3.05) is 46.4 Å². The number of β-amino-alcohol motifs (C(OH)–C–C–N with tert-alkyl or cyclic N) is 1. The van der Waals surface area contributed by atoms with E-state index in [2.05, 4.69) is 41.0 Å². The second-order valence-electron chi connectivity index (χ2n) is 7.20. The van der Waals surface area contributed by atoms with E-state index in [9.17, 15) is 5.11 Å². The van der Waals surface area contributed by atoms with Crippen LogP contribution < -0.4 is 9.47 Å². The van der Waals surface area contributed by atoms with E-state index < -0.39 is 6.10 Å². The van der Waals surface area contributed by atoms with E-state index in [1.807, 2.05) is 24.3 Å². The Kier molecular flexibility index (Phi) is 7.10. The van der Waals surface area contributed by atoms with Crippen LogP contribution in [0, 0.1) is 6.92 Å². The first kappa shape index (κ1) is 19.7. The Balaban J connectivity index is 1.36. The summed E-state index contributed by atoms with van der Waals surface area (Å²) in [5.41, 5.74) is 2.66. The highest BCUT2D eigenvalue weighted by Crippen LogP contribution is 2.17. The van der Waals surface area contributed by atoms with Gasteiger partial charge in [-0.1, -0.05) is 29.8 Å². The van der Waals surface area contributed by atoms with Gasteiger partial charge in [0.25, 0.3) is 0 Å². The first-order chi connectivity index (χ1) is 13.1. The van der Waals surface area contributed by atoms with Crippen LogP contribution >= 0.6 is 0 Å². The number of rotatable bonds is 8. The summed E-state index contributed by atoms with van der Waals surface area (Å²) in [6, 6.07) is 16.2. The van der Waals surface area contributed by atoms with Crippen molar-refractivity contribution in [3.63, 3.8) is 0 Å². The SMILES string of the molecule is COc1ccc(OCC(O)CN2CCN(Cc3ccc(C)cc3)CC2)cc1. The molecule has 1 aliphatic rings. The minimum Gasteiger partial charge on any atom is -0.497 e. The van der Waals surface area contributed by atoms with Crippen molar-refractivity contribution < 1.29 is 14.6 Å². The summed E-state index contributed by atoms with van der Waals surface area (Å²) in [4.78, 5) is 4.79. The molecule has 1 aliphatic heterocycles. The van der Waals surface area contributed by atoms with Gasteiger partial charge >= 0.3 is 0 Å². The molecule has 0 aromatic heterocycles. The lowest BCUT2D eigenvalue weighted by Crippen LogP contribution is -2.48. The molecule has 1 atom stereocenters. The van der Waals surface area contributed by atoms with Gasteiger partial charge in [0.2, 0.25) is 0 Å². The molecule has 1 unspecified atom stereocenters. The maximum atomic E-state index is 10.3. The van der Waals surface area contributed by atoms with Crippen molar-refractivity contribution in [2.24, 2.45) is 0 Å². The maximum Gasteiger partial charge on any atom is 0.119 e. The van der Waals surface area contributed by atoms with Crippen LogP contribution in [0.25, 0.3) is 0 Å². The molecule has 0 saturated carbocycles. The zero-order chi connectivity index (χ0) is 19.1. The van der Waals surface area contributed by atoms with Crippen molar-refractivity contribution in [1.29, 1.82) is 0 Å². The van der Waals surface area contributed by atoms with E-state index >= 15 is 0 Å². The number of nitrogens with zero attached hydrogens (tertiary/aromatic N) is 2. The number of aliphatic hydroxyl groups excluding tert-OH is 1. The normalized spacial score (nSPS) is 16.9. The van der Waals surface area contributed by atoms with E-state index in [1.165, 1.54) is 11.1 Å². The van der Waals surface area contributed by atoms with Crippen LogP contribution in [-0.4, -0.2) is 67.5 Å². The average molecular weight is 370 g/mol. The topological polar surface area (TPSA) is 45.2 Å². The van der Waals surface area contributed by atoms with Gasteiger partial charge in [-0.05, 0) is 36.8 Å². The molecule has 1 heterocycles. The first-order valence-electron chi connectivity index (χ1n) is 9.57. The molecule has 146 valence electrons. The zero-order valence-electron chi connectivity index (χ0n) is 16.3. The molecule has 5 heteroatoms. The second-order valence-corrected chi connectivity index (χ2v) is 7.20. The summed E-state index contributed by atoms with van der Waals surface area (Å²) >= 11 is 0. The molecule has 0 spiro atoms. The Morgan fingerprint density at radius 3 is 2.11 bits per heavy atom. The van der Waals surface area contributed by atoms with Crippen LogP contribution in [0.4, 0.5) is 0 Å². The molecule has 1 N–H and O–H groups in total. The Morgan fingerprint density at radius 2 is 1.48 bits per heavy atom.